The van der Waals surface area contributed by atoms with Crippen molar-refractivity contribution in [3.63, 3.8) is 0 Å². The predicted molar refractivity (Wildman–Crippen MR) is 130 cm³/mol. The number of hydrogen-bond donors (Lipinski definition) is 2. The smallest absolute Gasteiger partial charge is 0.238 e. The first-order chi connectivity index (χ1) is 15.9. The van der Waals surface area contributed by atoms with Crippen molar-refractivity contribution in [2.24, 2.45) is 5.92 Å². The lowest BCUT2D eigenvalue weighted by molar-refractivity contribution is -0.125. The maximum absolute atomic E-state index is 12.8. The molecule has 2 aliphatic rings. The molecule has 0 radical (unpaired) electrons. The topological polar surface area (TPSA) is 85.2 Å². The van der Waals surface area contributed by atoms with E-state index < -0.39 is 6.04 Å². The van der Waals surface area contributed by atoms with Crippen LogP contribution in [0.3, 0.4) is 0 Å². The molecule has 0 bridgehead atoms. The maximum Gasteiger partial charge on any atom is 0.238 e. The average molecular weight is 445 g/mol. The van der Waals surface area contributed by atoms with Crippen LogP contribution in [0.2, 0.25) is 0 Å². The molecule has 1 saturated heterocycles. The number of amides is 2. The lowest BCUT2D eigenvalue weighted by Crippen LogP contribution is -2.55. The Labute approximate surface area is 196 Å². The molecule has 0 aliphatic carbocycles. The molecule has 33 heavy (non-hydrogen) atoms. The molecule has 0 spiro atoms. The van der Waals surface area contributed by atoms with E-state index in [4.69, 9.17) is 0 Å². The summed E-state index contributed by atoms with van der Waals surface area (Å²) in [6.45, 7) is 6.83. The Morgan fingerprint density at radius 1 is 1.18 bits per heavy atom. The van der Waals surface area contributed by atoms with Crippen LogP contribution in [-0.2, 0) is 22.4 Å². The minimum atomic E-state index is -0.571. The first-order valence-electron chi connectivity index (χ1n) is 11.9. The summed E-state index contributed by atoms with van der Waals surface area (Å²) in [5, 5.41) is 15.9. The van der Waals surface area contributed by atoms with Crippen molar-refractivity contribution in [1.82, 2.24) is 10.6 Å². The van der Waals surface area contributed by atoms with Crippen LogP contribution in [0.25, 0.3) is 11.1 Å². The highest BCUT2D eigenvalue weighted by molar-refractivity contribution is 6.02. The van der Waals surface area contributed by atoms with E-state index in [0.29, 0.717) is 25.4 Å². The van der Waals surface area contributed by atoms with Gasteiger partial charge in [-0.1, -0.05) is 43.3 Å². The van der Waals surface area contributed by atoms with E-state index in [0.717, 1.165) is 40.8 Å². The lowest BCUT2D eigenvalue weighted by atomic mass is 9.88. The van der Waals surface area contributed by atoms with Gasteiger partial charge in [-0.3, -0.25) is 9.59 Å². The molecule has 4 rings (SSSR count). The zero-order valence-electron chi connectivity index (χ0n) is 19.6. The fourth-order valence-electron chi connectivity index (χ4n) is 4.91. The Balaban J connectivity index is 1.42. The second kappa shape index (κ2) is 9.76. The molecular formula is C27H32N4O2. The molecule has 6 nitrogen and oxygen atoms in total. The molecular weight excluding hydrogens is 412 g/mol. The van der Waals surface area contributed by atoms with Crippen molar-refractivity contribution < 1.29 is 9.59 Å². The number of rotatable bonds is 6. The van der Waals surface area contributed by atoms with Crippen LogP contribution in [0.1, 0.15) is 44.7 Å². The van der Waals surface area contributed by atoms with E-state index >= 15 is 0 Å². The SMILES string of the molecule is CCN1C(=O)Cc2ccc(-c3ccc(C[C@@H](C#N)NC(=O)[C@H]4N[C@@H](C)CC[C@H]4C)cc3)cc21. The zero-order valence-corrected chi connectivity index (χ0v) is 19.6. The molecule has 2 amide bonds. The van der Waals surface area contributed by atoms with Gasteiger partial charge < -0.3 is 15.5 Å². The van der Waals surface area contributed by atoms with Gasteiger partial charge in [-0.05, 0) is 60.9 Å². The van der Waals surface area contributed by atoms with Crippen LogP contribution in [-0.4, -0.2) is 36.5 Å². The molecule has 2 aromatic rings. The van der Waals surface area contributed by atoms with E-state index in [-0.39, 0.29) is 23.8 Å². The number of benzene rings is 2. The number of anilines is 1. The second-order valence-corrected chi connectivity index (χ2v) is 9.35. The van der Waals surface area contributed by atoms with E-state index in [1.165, 1.54) is 0 Å². The Hall–Kier alpha value is -3.17. The van der Waals surface area contributed by atoms with Gasteiger partial charge in [0.05, 0.1) is 18.5 Å². The van der Waals surface area contributed by atoms with Gasteiger partial charge in [-0.25, -0.2) is 0 Å². The Morgan fingerprint density at radius 3 is 2.61 bits per heavy atom. The van der Waals surface area contributed by atoms with Crippen LogP contribution < -0.4 is 15.5 Å². The summed E-state index contributed by atoms with van der Waals surface area (Å²) in [7, 11) is 0. The Bertz CT molecular complexity index is 1070. The third-order valence-corrected chi connectivity index (χ3v) is 6.91. The van der Waals surface area contributed by atoms with Crippen LogP contribution >= 0.6 is 0 Å². The molecule has 2 heterocycles. The monoisotopic (exact) mass is 444 g/mol. The van der Waals surface area contributed by atoms with E-state index in [1.54, 1.807) is 0 Å². The van der Waals surface area contributed by atoms with Crippen LogP contribution in [0.5, 0.6) is 0 Å². The summed E-state index contributed by atoms with van der Waals surface area (Å²) in [6.07, 6.45) is 3.01. The summed E-state index contributed by atoms with van der Waals surface area (Å²) in [5.41, 5.74) is 5.19. The minimum Gasteiger partial charge on any atom is -0.339 e. The molecule has 2 aliphatic heterocycles. The number of likely N-dealkylation sites (N-methyl/N-ethyl adjacent to an activating group) is 1. The van der Waals surface area contributed by atoms with Crippen molar-refractivity contribution in [2.75, 3.05) is 11.4 Å². The number of piperidine rings is 1. The number of carbonyl (C=O) groups excluding carboxylic acids is 2. The highest BCUT2D eigenvalue weighted by atomic mass is 16.2. The fraction of sp³-hybridized carbons (Fsp3) is 0.444. The Kier molecular flexibility index (Phi) is 6.80. The van der Waals surface area contributed by atoms with Gasteiger partial charge in [0.2, 0.25) is 11.8 Å². The van der Waals surface area contributed by atoms with Crippen molar-refractivity contribution in [1.29, 1.82) is 5.26 Å². The summed E-state index contributed by atoms with van der Waals surface area (Å²) in [5.74, 6) is 0.313. The summed E-state index contributed by atoms with van der Waals surface area (Å²) in [4.78, 5) is 26.8. The van der Waals surface area contributed by atoms with Gasteiger partial charge in [0.25, 0.3) is 0 Å². The van der Waals surface area contributed by atoms with Gasteiger partial charge >= 0.3 is 0 Å². The quantitative estimate of drug-likeness (QED) is 0.713. The first-order valence-corrected chi connectivity index (χ1v) is 11.9. The molecule has 172 valence electrons. The lowest BCUT2D eigenvalue weighted by Gasteiger charge is -2.33. The van der Waals surface area contributed by atoms with Crippen LogP contribution in [0.4, 0.5) is 5.69 Å². The van der Waals surface area contributed by atoms with Gasteiger partial charge in [-0.2, -0.15) is 5.26 Å². The Morgan fingerprint density at radius 2 is 1.91 bits per heavy atom. The standard InChI is InChI=1S/C27H32N4O2/c1-4-31-24-14-21(11-12-22(24)15-25(31)32)20-9-7-19(8-10-20)13-23(16-28)30-27(33)26-17(2)5-6-18(3)29-26/h7-12,14,17-18,23,26,29H,4-6,13,15H2,1-3H3,(H,30,33)/t17-,18+,23+,26+/m1/s1. The molecule has 6 heteroatoms. The number of nitrogens with one attached hydrogen (secondary N) is 2. The maximum atomic E-state index is 12.8. The molecule has 4 atom stereocenters. The highest BCUT2D eigenvalue weighted by Gasteiger charge is 2.31. The van der Waals surface area contributed by atoms with Crippen molar-refractivity contribution in [3.05, 3.63) is 53.6 Å². The number of nitriles is 1. The zero-order chi connectivity index (χ0) is 23.5. The first kappa shape index (κ1) is 23.0. The summed E-state index contributed by atoms with van der Waals surface area (Å²) < 4.78 is 0. The van der Waals surface area contributed by atoms with Gasteiger partial charge in [0.15, 0.2) is 0 Å². The van der Waals surface area contributed by atoms with Gasteiger partial charge in [0, 0.05) is 24.7 Å². The minimum absolute atomic E-state index is 0.0922. The number of carbonyl (C=O) groups is 2. The van der Waals surface area contributed by atoms with Crippen molar-refractivity contribution in [2.45, 2.75) is 64.6 Å². The molecule has 0 saturated carbocycles. The molecule has 0 aromatic heterocycles. The van der Waals surface area contributed by atoms with Crippen LogP contribution in [0, 0.1) is 17.2 Å². The predicted octanol–water partition coefficient (Wildman–Crippen LogP) is 3.59. The largest absolute Gasteiger partial charge is 0.339 e. The summed E-state index contributed by atoms with van der Waals surface area (Å²) >= 11 is 0. The fourth-order valence-corrected chi connectivity index (χ4v) is 4.91. The normalized spacial score (nSPS) is 23.0. The van der Waals surface area contributed by atoms with E-state index in [9.17, 15) is 14.9 Å². The molecule has 2 aromatic carbocycles. The third-order valence-electron chi connectivity index (χ3n) is 6.91. The van der Waals surface area contributed by atoms with E-state index in [1.807, 2.05) is 42.2 Å². The molecule has 0 unspecified atom stereocenters. The van der Waals surface area contributed by atoms with E-state index in [2.05, 4.69) is 42.7 Å². The number of fused-ring (bicyclic) bond motifs is 1. The molecule has 2 N–H and O–H groups in total. The summed E-state index contributed by atoms with van der Waals surface area (Å²) in [6, 6.07) is 16.0. The van der Waals surface area contributed by atoms with Crippen LogP contribution in [0.15, 0.2) is 42.5 Å². The average Bonchev–Trinajstić information content (AvgIpc) is 3.14. The number of nitrogens with zero attached hydrogens (tertiary/aromatic N) is 2. The van der Waals surface area contributed by atoms with Gasteiger partial charge in [0.1, 0.15) is 6.04 Å². The highest BCUT2D eigenvalue weighted by Crippen LogP contribution is 2.33. The van der Waals surface area contributed by atoms with Crippen molar-refractivity contribution in [3.8, 4) is 17.2 Å². The molecule has 1 fully saturated rings. The third kappa shape index (κ3) is 4.94. The van der Waals surface area contributed by atoms with Gasteiger partial charge in [-0.15, -0.1) is 0 Å². The second-order valence-electron chi connectivity index (χ2n) is 9.35. The van der Waals surface area contributed by atoms with Crippen molar-refractivity contribution >= 4 is 17.5 Å². The number of hydrogen-bond acceptors (Lipinski definition) is 4.